The first-order valence-corrected chi connectivity index (χ1v) is 30.5. The molecule has 0 saturated heterocycles. The van der Waals surface area contributed by atoms with E-state index in [1.807, 2.05) is 0 Å². The van der Waals surface area contributed by atoms with Crippen LogP contribution >= 0.6 is 0 Å². The molecule has 10 aromatic carbocycles. The van der Waals surface area contributed by atoms with Crippen LogP contribution in [0.15, 0.2) is 133 Å². The number of hydrogen-bond donors (Lipinski definition) is 0. The van der Waals surface area contributed by atoms with Gasteiger partial charge < -0.3 is 0 Å². The zero-order valence-electron chi connectivity index (χ0n) is 53.7. The Morgan fingerprint density at radius 1 is 0.207 bits per heavy atom. The van der Waals surface area contributed by atoms with Crippen LogP contribution in [0.2, 0.25) is 0 Å². The molecular weight excluding hydrogens is 985 g/mol. The molecule has 0 amide bonds. The van der Waals surface area contributed by atoms with Gasteiger partial charge in [0, 0.05) is 0 Å². The van der Waals surface area contributed by atoms with Gasteiger partial charge in [-0.25, -0.2) is 0 Å². The van der Waals surface area contributed by atoms with Crippen molar-refractivity contribution < 1.29 is 0 Å². The van der Waals surface area contributed by atoms with Crippen LogP contribution in [0.4, 0.5) is 0 Å². The summed E-state index contributed by atoms with van der Waals surface area (Å²) < 4.78 is 0. The highest BCUT2D eigenvalue weighted by atomic mass is 14.4. The lowest BCUT2D eigenvalue weighted by molar-refractivity contribution is 0.568. The first-order valence-electron chi connectivity index (χ1n) is 30.5. The van der Waals surface area contributed by atoms with Gasteiger partial charge in [-0.15, -0.1) is 0 Å². The molecule has 0 bridgehead atoms. The minimum Gasteiger partial charge on any atom is -0.0616 e. The maximum atomic E-state index is 2.55. The van der Waals surface area contributed by atoms with Crippen LogP contribution in [-0.4, -0.2) is 0 Å². The Labute approximate surface area is 492 Å². The number of rotatable bonds is 4. The Hall–Kier alpha value is -7.02. The standard InChI is InChI=1S/C82H88/c1-45-35-51(77(5,6)7)36-46(2)65(45)71-59-29-25-23-27-57(59)67(49-39-53(79(11,12)13)43-54(40-49)80(14,15)16)73-61-31-32-62-70-64(34-33-63(69(61)70)75(71)73)76-72(66-47(3)37-52(38-48(66)4)78(8,9)10)60-30-26-24-28-58(60)68(74(62)76)50-41-55(81(17,18)19)44-56(42-50)82(20,21)22/h23-44H,1-22H3. The van der Waals surface area contributed by atoms with Gasteiger partial charge in [0.2, 0.25) is 0 Å². The molecule has 10 aromatic rings. The van der Waals surface area contributed by atoms with Crippen molar-refractivity contribution in [3.05, 3.63) is 189 Å². The molecule has 0 aromatic heterocycles. The fourth-order valence-electron chi connectivity index (χ4n) is 14.3. The Morgan fingerprint density at radius 3 is 0.646 bits per heavy atom. The summed E-state index contributed by atoms with van der Waals surface area (Å²) in [7, 11) is 0. The third kappa shape index (κ3) is 8.66. The van der Waals surface area contributed by atoms with Crippen LogP contribution in [0.25, 0.3) is 121 Å². The average Bonchev–Trinajstić information content (AvgIpc) is 2.21. The van der Waals surface area contributed by atoms with Gasteiger partial charge >= 0.3 is 0 Å². The quantitative estimate of drug-likeness (QED) is 0.165. The zero-order chi connectivity index (χ0) is 59.0. The Kier molecular flexibility index (Phi) is 12.3. The number of fused-ring (bicyclic) bond motifs is 8. The summed E-state index contributed by atoms with van der Waals surface area (Å²) in [6.45, 7) is 52.1. The summed E-state index contributed by atoms with van der Waals surface area (Å²) in [6.07, 6.45) is 0. The smallest absolute Gasteiger partial charge is 0.000720 e. The van der Waals surface area contributed by atoms with E-state index in [1.165, 1.54) is 177 Å². The largest absolute Gasteiger partial charge is 0.0616 e. The van der Waals surface area contributed by atoms with Gasteiger partial charge in [0.1, 0.15) is 0 Å². The molecule has 0 N–H and O–H groups in total. The second-order valence-electron chi connectivity index (χ2n) is 31.2. The molecular formula is C82H88. The van der Waals surface area contributed by atoms with Gasteiger partial charge in [-0.2, -0.15) is 0 Å². The van der Waals surface area contributed by atoms with E-state index < -0.39 is 0 Å². The second kappa shape index (κ2) is 18.2. The van der Waals surface area contributed by atoms with Gasteiger partial charge in [0.15, 0.2) is 0 Å². The maximum absolute atomic E-state index is 2.55. The van der Waals surface area contributed by atoms with Crippen molar-refractivity contribution in [2.24, 2.45) is 0 Å². The number of aryl methyl sites for hydroxylation is 4. The topological polar surface area (TPSA) is 0 Å². The van der Waals surface area contributed by atoms with Gasteiger partial charge in [-0.05, 0) is 237 Å². The molecule has 82 heavy (non-hydrogen) atoms. The van der Waals surface area contributed by atoms with Crippen LogP contribution in [0.1, 0.15) is 180 Å². The predicted octanol–water partition coefficient (Wildman–Crippen LogP) is 24.1. The third-order valence-electron chi connectivity index (χ3n) is 18.9. The molecule has 2 aliphatic rings. The van der Waals surface area contributed by atoms with Crippen molar-refractivity contribution in [1.29, 1.82) is 0 Å². The SMILES string of the molecule is Cc1cc(C(C)(C)C)cc(C)c1-c1c2c(c(-c3cc(C(C)(C)C)cc(C(C)(C)C)c3)c3ccccc13)-c1ccc3c4c(ccc-2c14)-c1c-3c(-c2cc(C(C)(C)C)cc(C(C)(C)C)c2)c2ccccc2c1-c1c(C)cc(C(C)(C)C)cc1C. The molecule has 0 spiro atoms. The highest BCUT2D eigenvalue weighted by Gasteiger charge is 2.39. The monoisotopic (exact) mass is 1070 g/mol. The molecule has 0 nitrogen and oxygen atoms in total. The lowest BCUT2D eigenvalue weighted by Crippen LogP contribution is -2.16. The van der Waals surface area contributed by atoms with Crippen LogP contribution < -0.4 is 0 Å². The third-order valence-corrected chi connectivity index (χ3v) is 18.9. The summed E-state index contributed by atoms with van der Waals surface area (Å²) in [5, 5.41) is 7.97. The minimum atomic E-state index is -0.0575. The average molecular weight is 1070 g/mol. The van der Waals surface area contributed by atoms with Gasteiger partial charge in [-0.1, -0.05) is 258 Å². The molecule has 0 unspecified atom stereocenters. The summed E-state index contributed by atoms with van der Waals surface area (Å²) in [6, 6.07) is 54.0. The molecule has 0 aliphatic heterocycles. The highest BCUT2D eigenvalue weighted by molar-refractivity contribution is 6.35. The van der Waals surface area contributed by atoms with E-state index in [0.29, 0.717) is 0 Å². The molecule has 2 aliphatic carbocycles. The molecule has 0 heteroatoms. The van der Waals surface area contributed by atoms with Crippen LogP contribution in [-0.2, 0) is 32.5 Å². The van der Waals surface area contributed by atoms with Crippen molar-refractivity contribution in [1.82, 2.24) is 0 Å². The van der Waals surface area contributed by atoms with Crippen molar-refractivity contribution >= 4 is 32.3 Å². The predicted molar refractivity (Wildman–Crippen MR) is 361 cm³/mol. The van der Waals surface area contributed by atoms with Crippen LogP contribution in [0, 0.1) is 27.7 Å². The lowest BCUT2D eigenvalue weighted by Gasteiger charge is -2.28. The Bertz CT molecular complexity index is 3990. The fourth-order valence-corrected chi connectivity index (χ4v) is 14.3. The van der Waals surface area contributed by atoms with E-state index in [1.54, 1.807) is 0 Å². The van der Waals surface area contributed by atoms with E-state index in [9.17, 15) is 0 Å². The van der Waals surface area contributed by atoms with E-state index in [2.05, 4.69) is 286 Å². The molecule has 0 heterocycles. The second-order valence-corrected chi connectivity index (χ2v) is 31.2. The lowest BCUT2D eigenvalue weighted by atomic mass is 9.75. The highest BCUT2D eigenvalue weighted by Crippen LogP contribution is 2.65. The molecule has 0 fully saturated rings. The van der Waals surface area contributed by atoms with Crippen LogP contribution in [0.5, 0.6) is 0 Å². The number of benzene rings is 10. The Balaban J connectivity index is 1.29. The summed E-state index contributed by atoms with van der Waals surface area (Å²) in [5.41, 5.74) is 34.8. The van der Waals surface area contributed by atoms with Crippen molar-refractivity contribution in [2.45, 2.75) is 185 Å². The van der Waals surface area contributed by atoms with Crippen molar-refractivity contribution in [3.8, 4) is 89.0 Å². The van der Waals surface area contributed by atoms with E-state index in [0.717, 1.165) is 0 Å². The van der Waals surface area contributed by atoms with E-state index in [-0.39, 0.29) is 32.5 Å². The normalized spacial score (nSPS) is 13.5. The number of hydrogen-bond acceptors (Lipinski definition) is 0. The van der Waals surface area contributed by atoms with Gasteiger partial charge in [0.25, 0.3) is 0 Å². The molecule has 12 rings (SSSR count). The van der Waals surface area contributed by atoms with Gasteiger partial charge in [0.05, 0.1) is 0 Å². The zero-order valence-corrected chi connectivity index (χ0v) is 53.7. The van der Waals surface area contributed by atoms with Crippen LogP contribution in [0.3, 0.4) is 0 Å². The Morgan fingerprint density at radius 2 is 0.415 bits per heavy atom. The first kappa shape index (κ1) is 55.5. The van der Waals surface area contributed by atoms with E-state index in [4.69, 9.17) is 0 Å². The van der Waals surface area contributed by atoms with Crippen molar-refractivity contribution in [2.75, 3.05) is 0 Å². The molecule has 0 saturated carbocycles. The van der Waals surface area contributed by atoms with Gasteiger partial charge in [-0.3, -0.25) is 0 Å². The fraction of sp³-hybridized carbons (Fsp3) is 0.341. The minimum absolute atomic E-state index is 0.0141. The summed E-state index contributed by atoms with van der Waals surface area (Å²) in [4.78, 5) is 0. The summed E-state index contributed by atoms with van der Waals surface area (Å²) in [5.74, 6) is 0. The summed E-state index contributed by atoms with van der Waals surface area (Å²) >= 11 is 0. The molecule has 0 radical (unpaired) electrons. The maximum Gasteiger partial charge on any atom is -0.000720 e. The molecule has 0 atom stereocenters. The first-order chi connectivity index (χ1) is 38.1. The molecule has 416 valence electrons. The van der Waals surface area contributed by atoms with E-state index >= 15 is 0 Å². The van der Waals surface area contributed by atoms with Crippen molar-refractivity contribution in [3.63, 3.8) is 0 Å².